The van der Waals surface area contributed by atoms with Gasteiger partial charge in [0.15, 0.2) is 0 Å². The fourth-order valence-corrected chi connectivity index (χ4v) is 2.48. The van der Waals surface area contributed by atoms with Crippen molar-refractivity contribution in [3.8, 4) is 6.07 Å². The average Bonchev–Trinajstić information content (AvgIpc) is 2.85. The van der Waals surface area contributed by atoms with E-state index in [2.05, 4.69) is 15.5 Å². The summed E-state index contributed by atoms with van der Waals surface area (Å²) in [5, 5.41) is 17.8. The molecule has 0 saturated heterocycles. The summed E-state index contributed by atoms with van der Waals surface area (Å²) >= 11 is 0. The van der Waals surface area contributed by atoms with Crippen molar-refractivity contribution in [2.24, 2.45) is 5.92 Å². The van der Waals surface area contributed by atoms with Gasteiger partial charge in [-0.05, 0) is 12.3 Å². The Morgan fingerprint density at radius 2 is 2.28 bits per heavy atom. The van der Waals surface area contributed by atoms with Gasteiger partial charge in [-0.3, -0.25) is 9.89 Å². The van der Waals surface area contributed by atoms with Gasteiger partial charge in [0.25, 0.3) is 0 Å². The van der Waals surface area contributed by atoms with Crippen molar-refractivity contribution in [3.05, 3.63) is 11.8 Å². The SMILES string of the molecule is N#Cc1cn[nH]c1NC(=O)CCC1CCCCC1. The summed E-state index contributed by atoms with van der Waals surface area (Å²) in [5.41, 5.74) is 0.376. The highest BCUT2D eigenvalue weighted by Gasteiger charge is 2.15. The lowest BCUT2D eigenvalue weighted by Gasteiger charge is -2.20. The molecule has 1 heterocycles. The van der Waals surface area contributed by atoms with Crippen LogP contribution in [0.25, 0.3) is 0 Å². The van der Waals surface area contributed by atoms with Gasteiger partial charge in [-0.1, -0.05) is 32.1 Å². The van der Waals surface area contributed by atoms with Gasteiger partial charge in [-0.25, -0.2) is 0 Å². The second-order valence-electron chi connectivity index (χ2n) is 4.86. The van der Waals surface area contributed by atoms with E-state index >= 15 is 0 Å². The fraction of sp³-hybridized carbons (Fsp3) is 0.615. The molecule has 0 bridgehead atoms. The summed E-state index contributed by atoms with van der Waals surface area (Å²) in [6.45, 7) is 0. The summed E-state index contributed by atoms with van der Waals surface area (Å²) in [6.07, 6.45) is 9.31. The van der Waals surface area contributed by atoms with E-state index in [4.69, 9.17) is 5.26 Å². The molecule has 0 aromatic carbocycles. The van der Waals surface area contributed by atoms with Crippen LogP contribution in [0.4, 0.5) is 5.82 Å². The quantitative estimate of drug-likeness (QED) is 0.856. The van der Waals surface area contributed by atoms with Gasteiger partial charge in [0.1, 0.15) is 17.5 Å². The number of nitrogens with one attached hydrogen (secondary N) is 2. The van der Waals surface area contributed by atoms with E-state index in [1.807, 2.05) is 6.07 Å². The van der Waals surface area contributed by atoms with Gasteiger partial charge in [-0.2, -0.15) is 10.4 Å². The maximum absolute atomic E-state index is 11.8. The standard InChI is InChI=1S/C13H18N4O/c14-8-11-9-15-17-13(11)16-12(18)7-6-10-4-2-1-3-5-10/h9-10H,1-7H2,(H2,15,16,17,18). The second-order valence-corrected chi connectivity index (χ2v) is 4.86. The van der Waals surface area contributed by atoms with Crippen molar-refractivity contribution in [1.82, 2.24) is 10.2 Å². The minimum absolute atomic E-state index is 0.0404. The maximum atomic E-state index is 11.8. The highest BCUT2D eigenvalue weighted by molar-refractivity contribution is 5.90. The van der Waals surface area contributed by atoms with Crippen LogP contribution in [0.15, 0.2) is 6.20 Å². The zero-order valence-corrected chi connectivity index (χ0v) is 10.4. The summed E-state index contributed by atoms with van der Waals surface area (Å²) in [7, 11) is 0. The molecule has 0 aliphatic heterocycles. The molecule has 2 rings (SSSR count). The lowest BCUT2D eigenvalue weighted by atomic mass is 9.86. The summed E-state index contributed by atoms with van der Waals surface area (Å²) in [4.78, 5) is 11.8. The Balaban J connectivity index is 1.77. The first-order valence-electron chi connectivity index (χ1n) is 6.53. The molecule has 96 valence electrons. The van der Waals surface area contributed by atoms with Gasteiger partial charge in [0.05, 0.1) is 6.20 Å². The van der Waals surface area contributed by atoms with Crippen LogP contribution in [0.1, 0.15) is 50.5 Å². The first kappa shape index (κ1) is 12.6. The molecule has 0 unspecified atom stereocenters. The molecule has 5 nitrogen and oxygen atoms in total. The normalized spacial score (nSPS) is 16.2. The van der Waals surface area contributed by atoms with E-state index in [-0.39, 0.29) is 5.91 Å². The number of anilines is 1. The van der Waals surface area contributed by atoms with Crippen molar-refractivity contribution in [2.45, 2.75) is 44.9 Å². The molecule has 1 aromatic heterocycles. The van der Waals surface area contributed by atoms with Crippen LogP contribution >= 0.6 is 0 Å². The third-order valence-corrected chi connectivity index (χ3v) is 3.53. The first-order valence-corrected chi connectivity index (χ1v) is 6.53. The molecule has 18 heavy (non-hydrogen) atoms. The molecule has 1 amide bonds. The number of amides is 1. The number of hydrogen-bond acceptors (Lipinski definition) is 3. The molecule has 0 spiro atoms. The molecule has 1 aliphatic rings. The predicted molar refractivity (Wildman–Crippen MR) is 67.7 cm³/mol. The zero-order chi connectivity index (χ0) is 12.8. The Morgan fingerprint density at radius 1 is 1.50 bits per heavy atom. The molecular formula is C13H18N4O. The number of rotatable bonds is 4. The number of carbonyl (C=O) groups excluding carboxylic acids is 1. The zero-order valence-electron chi connectivity index (χ0n) is 10.4. The van der Waals surface area contributed by atoms with E-state index in [0.717, 1.165) is 6.42 Å². The molecule has 5 heteroatoms. The van der Waals surface area contributed by atoms with Crippen LogP contribution in [0.2, 0.25) is 0 Å². The highest BCUT2D eigenvalue weighted by atomic mass is 16.1. The van der Waals surface area contributed by atoms with Crippen molar-refractivity contribution in [2.75, 3.05) is 5.32 Å². The molecule has 0 atom stereocenters. The van der Waals surface area contributed by atoms with Crippen molar-refractivity contribution >= 4 is 11.7 Å². The van der Waals surface area contributed by atoms with Crippen LogP contribution in [0.5, 0.6) is 0 Å². The molecule has 1 aliphatic carbocycles. The van der Waals surface area contributed by atoms with Gasteiger partial charge in [0, 0.05) is 6.42 Å². The average molecular weight is 246 g/mol. The van der Waals surface area contributed by atoms with Gasteiger partial charge in [-0.15, -0.1) is 0 Å². The second kappa shape index (κ2) is 6.20. The Kier molecular flexibility index (Phi) is 4.35. The van der Waals surface area contributed by atoms with Crippen LogP contribution in [-0.4, -0.2) is 16.1 Å². The van der Waals surface area contributed by atoms with Crippen LogP contribution in [0.3, 0.4) is 0 Å². The Labute approximate surface area is 107 Å². The number of aromatic nitrogens is 2. The van der Waals surface area contributed by atoms with E-state index in [1.54, 1.807) is 0 Å². The molecule has 1 aromatic rings. The number of nitrogens with zero attached hydrogens (tertiary/aromatic N) is 2. The highest BCUT2D eigenvalue weighted by Crippen LogP contribution is 2.27. The Hall–Kier alpha value is -1.83. The van der Waals surface area contributed by atoms with Gasteiger partial charge < -0.3 is 5.32 Å². The van der Waals surface area contributed by atoms with E-state index in [9.17, 15) is 4.79 Å². The fourth-order valence-electron chi connectivity index (χ4n) is 2.48. The van der Waals surface area contributed by atoms with Gasteiger partial charge in [0.2, 0.25) is 5.91 Å². The molecule has 1 saturated carbocycles. The smallest absolute Gasteiger partial charge is 0.225 e. The number of hydrogen-bond donors (Lipinski definition) is 2. The largest absolute Gasteiger partial charge is 0.310 e. The molecular weight excluding hydrogens is 228 g/mol. The topological polar surface area (TPSA) is 81.6 Å². The van der Waals surface area contributed by atoms with E-state index in [0.29, 0.717) is 23.7 Å². The number of nitriles is 1. The number of aromatic amines is 1. The van der Waals surface area contributed by atoms with Crippen molar-refractivity contribution in [3.63, 3.8) is 0 Å². The van der Waals surface area contributed by atoms with Crippen LogP contribution < -0.4 is 5.32 Å². The van der Waals surface area contributed by atoms with Gasteiger partial charge >= 0.3 is 0 Å². The van der Waals surface area contributed by atoms with Crippen molar-refractivity contribution in [1.29, 1.82) is 5.26 Å². The van der Waals surface area contributed by atoms with E-state index in [1.165, 1.54) is 38.3 Å². The Bertz CT molecular complexity index is 440. The summed E-state index contributed by atoms with van der Waals surface area (Å²) in [5.74, 6) is 1.06. The van der Waals surface area contributed by atoms with Crippen LogP contribution in [0, 0.1) is 17.2 Å². The minimum atomic E-state index is -0.0404. The number of H-pyrrole nitrogens is 1. The Morgan fingerprint density at radius 3 is 3.00 bits per heavy atom. The van der Waals surface area contributed by atoms with Crippen LogP contribution in [-0.2, 0) is 4.79 Å². The predicted octanol–water partition coefficient (Wildman–Crippen LogP) is 2.58. The van der Waals surface area contributed by atoms with E-state index < -0.39 is 0 Å². The number of carbonyl (C=O) groups is 1. The first-order chi connectivity index (χ1) is 8.79. The monoisotopic (exact) mass is 246 g/mol. The van der Waals surface area contributed by atoms with Crippen molar-refractivity contribution < 1.29 is 4.79 Å². The lowest BCUT2D eigenvalue weighted by molar-refractivity contribution is -0.116. The summed E-state index contributed by atoms with van der Waals surface area (Å²) in [6, 6.07) is 1.98. The maximum Gasteiger partial charge on any atom is 0.225 e. The molecule has 0 radical (unpaired) electrons. The third-order valence-electron chi connectivity index (χ3n) is 3.53. The lowest BCUT2D eigenvalue weighted by Crippen LogP contribution is -2.15. The summed E-state index contributed by atoms with van der Waals surface area (Å²) < 4.78 is 0. The minimum Gasteiger partial charge on any atom is -0.310 e. The molecule has 1 fully saturated rings. The third kappa shape index (κ3) is 3.33. The molecule has 2 N–H and O–H groups in total.